The van der Waals surface area contributed by atoms with Crippen molar-refractivity contribution in [2.45, 2.75) is 83.0 Å². The van der Waals surface area contributed by atoms with Gasteiger partial charge < -0.3 is 9.80 Å². The lowest BCUT2D eigenvalue weighted by Gasteiger charge is -2.41. The van der Waals surface area contributed by atoms with Crippen molar-refractivity contribution >= 4 is 33.8 Å². The summed E-state index contributed by atoms with van der Waals surface area (Å²) in [7, 11) is 0. The summed E-state index contributed by atoms with van der Waals surface area (Å²) >= 11 is 0. The van der Waals surface area contributed by atoms with Gasteiger partial charge >= 0.3 is 0 Å². The number of anilines is 2. The molecule has 2 aliphatic heterocycles. The van der Waals surface area contributed by atoms with Gasteiger partial charge in [-0.15, -0.1) is 0 Å². The smallest absolute Gasteiger partial charge is 0.136 e. The van der Waals surface area contributed by atoms with Gasteiger partial charge in [-0.25, -0.2) is 0 Å². The van der Waals surface area contributed by atoms with Gasteiger partial charge in [0, 0.05) is 22.5 Å². The molecule has 4 nitrogen and oxygen atoms in total. The summed E-state index contributed by atoms with van der Waals surface area (Å²) in [5, 5.41) is 2.47. The van der Waals surface area contributed by atoms with Crippen molar-refractivity contribution in [3.05, 3.63) is 252 Å². The number of amidine groups is 2. The highest BCUT2D eigenvalue weighted by Crippen LogP contribution is 2.60. The predicted molar refractivity (Wildman–Crippen MR) is 299 cm³/mol. The molecule has 9 aromatic rings. The van der Waals surface area contributed by atoms with Crippen LogP contribution in [0.3, 0.4) is 0 Å². The summed E-state index contributed by atoms with van der Waals surface area (Å²) in [6, 6.07) is 80.7. The van der Waals surface area contributed by atoms with E-state index < -0.39 is 5.41 Å². The molecule has 0 N–H and O–H groups in total. The van der Waals surface area contributed by atoms with Crippen molar-refractivity contribution in [2.24, 2.45) is 9.98 Å². The summed E-state index contributed by atoms with van der Waals surface area (Å²) in [5.41, 5.74) is 14.9. The number of nitrogens with zero attached hydrogens (tertiary/aromatic N) is 4. The van der Waals surface area contributed by atoms with E-state index in [-0.39, 0.29) is 22.2 Å². The lowest BCUT2D eigenvalue weighted by atomic mass is 9.67. The molecule has 0 amide bonds. The highest BCUT2D eigenvalue weighted by Gasteiger charge is 2.52. The van der Waals surface area contributed by atoms with Gasteiger partial charge in [0.2, 0.25) is 0 Å². The number of hydrogen-bond acceptors (Lipinski definition) is 4. The zero-order valence-electron chi connectivity index (χ0n) is 42.1. The van der Waals surface area contributed by atoms with Crippen molar-refractivity contribution in [3.8, 4) is 33.4 Å². The minimum absolute atomic E-state index is 0.256. The molecule has 0 saturated carbocycles. The van der Waals surface area contributed by atoms with Gasteiger partial charge in [0.15, 0.2) is 0 Å². The molecular weight excluding hydrogens is 861 g/mol. The van der Waals surface area contributed by atoms with E-state index in [4.69, 9.17) is 9.98 Å². The van der Waals surface area contributed by atoms with Crippen LogP contribution < -0.4 is 9.80 Å². The molecule has 0 aromatic heterocycles. The Hall–Kier alpha value is -7.82. The number of aliphatic imine (C=N–C) groups is 2. The molecule has 71 heavy (non-hydrogen) atoms. The van der Waals surface area contributed by atoms with E-state index >= 15 is 0 Å². The molecule has 2 heterocycles. The fraction of sp³-hybridized carbons (Fsp3) is 0.194. The first kappa shape index (κ1) is 44.4. The Kier molecular flexibility index (Phi) is 10.1. The van der Waals surface area contributed by atoms with E-state index in [2.05, 4.69) is 284 Å². The van der Waals surface area contributed by atoms with Crippen LogP contribution in [0.4, 0.5) is 11.4 Å². The zero-order chi connectivity index (χ0) is 48.9. The average molecular weight is 921 g/mol. The van der Waals surface area contributed by atoms with Crippen LogP contribution in [0, 0.1) is 0 Å². The number of fused-ring (bicyclic) bond motifs is 5. The Balaban J connectivity index is 1.07. The zero-order valence-corrected chi connectivity index (χ0v) is 42.1. The molecule has 0 saturated heterocycles. The lowest BCUT2D eigenvalue weighted by molar-refractivity contribution is 0.338. The number of para-hydroxylation sites is 2. The van der Waals surface area contributed by atoms with Gasteiger partial charge in [-0.3, -0.25) is 9.98 Å². The molecular formula is C67H60N4. The van der Waals surface area contributed by atoms with Crippen molar-refractivity contribution in [1.29, 1.82) is 0 Å². The molecule has 0 spiro atoms. The summed E-state index contributed by atoms with van der Waals surface area (Å²) in [5.74, 6) is 1.98. The molecule has 1 aliphatic carbocycles. The van der Waals surface area contributed by atoms with Gasteiger partial charge in [-0.2, -0.15) is 0 Å². The molecule has 348 valence electrons. The maximum atomic E-state index is 5.51. The molecule has 0 atom stereocenters. The van der Waals surface area contributed by atoms with Crippen LogP contribution in [0.1, 0.15) is 88.8 Å². The summed E-state index contributed by atoms with van der Waals surface area (Å²) in [4.78, 5) is 15.9. The monoisotopic (exact) mass is 920 g/mol. The van der Waals surface area contributed by atoms with E-state index in [1.807, 2.05) is 0 Å². The van der Waals surface area contributed by atoms with Crippen LogP contribution in [-0.4, -0.2) is 33.8 Å². The standard InChI is InChI=1S/C67H60N4/c1-63(2)65(5,6)70(52-33-17-11-18-34-52)61(68-63)48-27-23-25-45(41-48)46-39-40-56-58(43-46)67(50-29-13-9-14-30-50,51-31-15-10-16-32-51)59-44-57(54-37-21-22-38-55(54)60(56)59)47-26-24-28-49(42-47)62-69-64(3,4)66(7,8)71(62)53-35-19-12-20-36-53/h9-44H,1-8H3. The highest BCUT2D eigenvalue weighted by atomic mass is 15.3. The molecule has 4 heteroatoms. The van der Waals surface area contributed by atoms with Gasteiger partial charge in [-0.05, 0) is 170 Å². The van der Waals surface area contributed by atoms with Crippen molar-refractivity contribution in [1.82, 2.24) is 0 Å². The Morgan fingerprint density at radius 2 is 0.746 bits per heavy atom. The van der Waals surface area contributed by atoms with Crippen molar-refractivity contribution < 1.29 is 0 Å². The van der Waals surface area contributed by atoms with Gasteiger partial charge in [0.25, 0.3) is 0 Å². The summed E-state index contributed by atoms with van der Waals surface area (Å²) < 4.78 is 0. The molecule has 0 fully saturated rings. The molecule has 9 aromatic carbocycles. The van der Waals surface area contributed by atoms with Crippen LogP contribution in [0.2, 0.25) is 0 Å². The normalized spacial score (nSPS) is 17.7. The minimum atomic E-state index is -0.640. The third kappa shape index (κ3) is 6.64. The third-order valence-corrected chi connectivity index (χ3v) is 16.8. The van der Waals surface area contributed by atoms with Crippen LogP contribution >= 0.6 is 0 Å². The van der Waals surface area contributed by atoms with Crippen LogP contribution in [0.25, 0.3) is 44.2 Å². The second kappa shape index (κ2) is 16.1. The van der Waals surface area contributed by atoms with E-state index in [1.165, 1.54) is 55.3 Å². The molecule has 0 bridgehead atoms. The van der Waals surface area contributed by atoms with E-state index in [1.54, 1.807) is 0 Å². The molecule has 3 aliphatic rings. The molecule has 12 rings (SSSR count). The molecule has 0 radical (unpaired) electrons. The number of hydrogen-bond donors (Lipinski definition) is 0. The minimum Gasteiger partial charge on any atom is -0.318 e. The van der Waals surface area contributed by atoms with Crippen molar-refractivity contribution in [3.63, 3.8) is 0 Å². The molecule has 0 unspecified atom stereocenters. The van der Waals surface area contributed by atoms with Crippen LogP contribution in [0.15, 0.2) is 228 Å². The van der Waals surface area contributed by atoms with Gasteiger partial charge in [0.05, 0.1) is 27.6 Å². The predicted octanol–water partition coefficient (Wildman–Crippen LogP) is 16.2. The number of rotatable bonds is 8. The first-order chi connectivity index (χ1) is 34.2. The summed E-state index contributed by atoms with van der Waals surface area (Å²) in [6.45, 7) is 18.3. The third-order valence-electron chi connectivity index (χ3n) is 16.8. The second-order valence-corrected chi connectivity index (χ2v) is 21.7. The SMILES string of the molecule is CC1(C)N=C(c2cccc(-c3ccc4c(c3)C(c3ccccc3)(c3ccccc3)c3cc(-c5cccc(C6=NC(C)(C)C(C)(C)N6c6ccccc6)c5)c5ccccc5c3-4)c2)N(c2ccccc2)C1(C)C. The van der Waals surface area contributed by atoms with E-state index in [9.17, 15) is 0 Å². The highest BCUT2D eigenvalue weighted by molar-refractivity contribution is 6.15. The first-order valence-corrected chi connectivity index (χ1v) is 25.2. The van der Waals surface area contributed by atoms with E-state index in [0.29, 0.717) is 0 Å². The number of benzene rings is 9. The Labute approximate surface area is 419 Å². The Morgan fingerprint density at radius 3 is 1.27 bits per heavy atom. The fourth-order valence-corrected chi connectivity index (χ4v) is 11.8. The fourth-order valence-electron chi connectivity index (χ4n) is 11.8. The quantitative estimate of drug-likeness (QED) is 0.152. The van der Waals surface area contributed by atoms with Crippen molar-refractivity contribution in [2.75, 3.05) is 9.80 Å². The topological polar surface area (TPSA) is 31.2 Å². The Morgan fingerprint density at radius 1 is 0.324 bits per heavy atom. The summed E-state index contributed by atoms with van der Waals surface area (Å²) in [6.07, 6.45) is 0. The largest absolute Gasteiger partial charge is 0.318 e. The average Bonchev–Trinajstić information content (AvgIpc) is 3.88. The van der Waals surface area contributed by atoms with Gasteiger partial charge in [0.1, 0.15) is 11.7 Å². The maximum Gasteiger partial charge on any atom is 0.136 e. The van der Waals surface area contributed by atoms with Gasteiger partial charge in [-0.1, -0.05) is 170 Å². The Bertz CT molecular complexity index is 3540. The van der Waals surface area contributed by atoms with Crippen LogP contribution in [-0.2, 0) is 5.41 Å². The first-order valence-electron chi connectivity index (χ1n) is 25.2. The lowest BCUT2D eigenvalue weighted by Crippen LogP contribution is -2.53. The maximum absolute atomic E-state index is 5.51. The second-order valence-electron chi connectivity index (χ2n) is 21.7. The van der Waals surface area contributed by atoms with E-state index in [0.717, 1.165) is 45.3 Å². The van der Waals surface area contributed by atoms with Crippen LogP contribution in [0.5, 0.6) is 0 Å².